The van der Waals surface area contributed by atoms with Gasteiger partial charge in [0.05, 0.1) is 13.1 Å². The zero-order chi connectivity index (χ0) is 13.0. The fraction of sp³-hybridized carbons (Fsp3) is 0.846. The molecule has 18 heavy (non-hydrogen) atoms. The van der Waals surface area contributed by atoms with Crippen LogP contribution < -0.4 is 5.32 Å². The molecule has 0 radical (unpaired) electrons. The summed E-state index contributed by atoms with van der Waals surface area (Å²) in [4.78, 5) is 26.9. The molecule has 2 aliphatic heterocycles. The van der Waals surface area contributed by atoms with Gasteiger partial charge in [0.1, 0.15) is 0 Å². The van der Waals surface area contributed by atoms with Crippen molar-refractivity contribution in [2.24, 2.45) is 0 Å². The summed E-state index contributed by atoms with van der Waals surface area (Å²) >= 11 is 0. The first-order valence-electron chi connectivity index (χ1n) is 6.99. The quantitative estimate of drug-likeness (QED) is 0.762. The van der Waals surface area contributed by atoms with Crippen molar-refractivity contribution in [2.75, 3.05) is 32.7 Å². The highest BCUT2D eigenvalue weighted by Gasteiger charge is 2.28. The molecule has 2 aliphatic rings. The lowest BCUT2D eigenvalue weighted by atomic mass is 10.1. The number of hydrogen-bond donors (Lipinski definition) is 1. The number of amides is 2. The molecular weight excluding hydrogens is 230 g/mol. The standard InChI is InChI=1S/C13H23N3O2/c1-2-15-9-13(18)16(10-12(15)17)8-4-6-11-5-3-7-14-11/h11,14H,2-10H2,1H3. The molecule has 0 saturated carbocycles. The van der Waals surface area contributed by atoms with Crippen LogP contribution in [0, 0.1) is 0 Å². The zero-order valence-electron chi connectivity index (χ0n) is 11.2. The van der Waals surface area contributed by atoms with Gasteiger partial charge >= 0.3 is 0 Å². The molecule has 0 bridgehead atoms. The van der Waals surface area contributed by atoms with Crippen molar-refractivity contribution >= 4 is 11.8 Å². The summed E-state index contributed by atoms with van der Waals surface area (Å²) in [5.74, 6) is 0.173. The Morgan fingerprint density at radius 2 is 1.94 bits per heavy atom. The van der Waals surface area contributed by atoms with Gasteiger partial charge in [-0.2, -0.15) is 0 Å². The van der Waals surface area contributed by atoms with Gasteiger partial charge < -0.3 is 15.1 Å². The average molecular weight is 253 g/mol. The van der Waals surface area contributed by atoms with Crippen LogP contribution >= 0.6 is 0 Å². The Hall–Kier alpha value is -1.10. The van der Waals surface area contributed by atoms with Crippen molar-refractivity contribution in [3.8, 4) is 0 Å². The van der Waals surface area contributed by atoms with Crippen molar-refractivity contribution < 1.29 is 9.59 Å². The van der Waals surface area contributed by atoms with E-state index in [2.05, 4.69) is 5.32 Å². The maximum Gasteiger partial charge on any atom is 0.242 e. The summed E-state index contributed by atoms with van der Waals surface area (Å²) in [5, 5.41) is 3.45. The average Bonchev–Trinajstić information content (AvgIpc) is 2.86. The number of hydrogen-bond acceptors (Lipinski definition) is 3. The van der Waals surface area contributed by atoms with Gasteiger partial charge in [-0.3, -0.25) is 9.59 Å². The predicted molar refractivity (Wildman–Crippen MR) is 69.1 cm³/mol. The van der Waals surface area contributed by atoms with Gasteiger partial charge in [-0.25, -0.2) is 0 Å². The third-order valence-electron chi connectivity index (χ3n) is 3.88. The van der Waals surface area contributed by atoms with Crippen LogP contribution in [0.1, 0.15) is 32.6 Å². The summed E-state index contributed by atoms with van der Waals surface area (Å²) < 4.78 is 0. The molecule has 0 aliphatic carbocycles. The van der Waals surface area contributed by atoms with Gasteiger partial charge in [0.2, 0.25) is 11.8 Å². The molecule has 2 saturated heterocycles. The smallest absolute Gasteiger partial charge is 0.242 e. The van der Waals surface area contributed by atoms with Gasteiger partial charge in [-0.1, -0.05) is 0 Å². The summed E-state index contributed by atoms with van der Waals surface area (Å²) in [7, 11) is 0. The number of carbonyl (C=O) groups excluding carboxylic acids is 2. The van der Waals surface area contributed by atoms with E-state index >= 15 is 0 Å². The van der Waals surface area contributed by atoms with Crippen LogP contribution in [0.5, 0.6) is 0 Å². The number of rotatable bonds is 5. The number of nitrogens with zero attached hydrogens (tertiary/aromatic N) is 2. The van der Waals surface area contributed by atoms with E-state index in [0.29, 0.717) is 12.6 Å². The Morgan fingerprint density at radius 1 is 1.22 bits per heavy atom. The molecule has 1 N–H and O–H groups in total. The monoisotopic (exact) mass is 253 g/mol. The van der Waals surface area contributed by atoms with Crippen molar-refractivity contribution in [3.63, 3.8) is 0 Å². The molecule has 5 nitrogen and oxygen atoms in total. The Kier molecular flexibility index (Phi) is 4.58. The van der Waals surface area contributed by atoms with Gasteiger partial charge in [0.15, 0.2) is 0 Å². The van der Waals surface area contributed by atoms with Crippen LogP contribution in [-0.2, 0) is 9.59 Å². The molecular formula is C13H23N3O2. The van der Waals surface area contributed by atoms with E-state index < -0.39 is 0 Å². The first-order chi connectivity index (χ1) is 8.70. The highest BCUT2D eigenvalue weighted by atomic mass is 16.2. The van der Waals surface area contributed by atoms with Crippen molar-refractivity contribution in [1.29, 1.82) is 0 Å². The molecule has 102 valence electrons. The topological polar surface area (TPSA) is 52.7 Å². The van der Waals surface area contributed by atoms with Gasteiger partial charge in [-0.05, 0) is 39.2 Å². The molecule has 1 unspecified atom stereocenters. The molecule has 5 heteroatoms. The molecule has 2 rings (SSSR count). The van der Waals surface area contributed by atoms with E-state index in [1.54, 1.807) is 9.80 Å². The normalized spacial score (nSPS) is 25.1. The molecule has 2 amide bonds. The van der Waals surface area contributed by atoms with Gasteiger partial charge in [-0.15, -0.1) is 0 Å². The van der Waals surface area contributed by atoms with Crippen LogP contribution in [-0.4, -0.2) is 60.4 Å². The third-order valence-corrected chi connectivity index (χ3v) is 3.88. The van der Waals surface area contributed by atoms with Crippen LogP contribution in [0.2, 0.25) is 0 Å². The minimum absolute atomic E-state index is 0.0797. The van der Waals surface area contributed by atoms with E-state index in [-0.39, 0.29) is 24.9 Å². The molecule has 2 fully saturated rings. The summed E-state index contributed by atoms with van der Waals surface area (Å²) in [6.07, 6.45) is 4.60. The Labute approximate surface area is 108 Å². The van der Waals surface area contributed by atoms with Gasteiger partial charge in [0, 0.05) is 19.1 Å². The summed E-state index contributed by atoms with van der Waals surface area (Å²) in [6.45, 7) is 4.91. The second-order valence-corrected chi connectivity index (χ2v) is 5.16. The van der Waals surface area contributed by atoms with Crippen LogP contribution in [0.4, 0.5) is 0 Å². The Bertz CT molecular complexity index is 313. The number of likely N-dealkylation sites (N-methyl/N-ethyl adjacent to an activating group) is 1. The van der Waals surface area contributed by atoms with Crippen molar-refractivity contribution in [3.05, 3.63) is 0 Å². The summed E-state index contributed by atoms with van der Waals surface area (Å²) in [5.41, 5.74) is 0. The van der Waals surface area contributed by atoms with Crippen molar-refractivity contribution in [1.82, 2.24) is 15.1 Å². The fourth-order valence-corrected chi connectivity index (χ4v) is 2.73. The van der Waals surface area contributed by atoms with Crippen molar-refractivity contribution in [2.45, 2.75) is 38.6 Å². The minimum atomic E-state index is 0.0797. The molecule has 2 heterocycles. The minimum Gasteiger partial charge on any atom is -0.332 e. The van der Waals surface area contributed by atoms with E-state index in [1.807, 2.05) is 6.92 Å². The molecule has 0 aromatic carbocycles. The Morgan fingerprint density at radius 3 is 2.61 bits per heavy atom. The maximum atomic E-state index is 11.9. The van der Waals surface area contributed by atoms with Crippen LogP contribution in [0.25, 0.3) is 0 Å². The first-order valence-corrected chi connectivity index (χ1v) is 6.99. The fourth-order valence-electron chi connectivity index (χ4n) is 2.73. The van der Waals surface area contributed by atoms with Crippen LogP contribution in [0.15, 0.2) is 0 Å². The highest BCUT2D eigenvalue weighted by molar-refractivity contribution is 5.92. The number of carbonyl (C=O) groups is 2. The predicted octanol–water partition coefficient (Wildman–Crippen LogP) is 0.209. The third kappa shape index (κ3) is 3.22. The van der Waals surface area contributed by atoms with Gasteiger partial charge in [0.25, 0.3) is 0 Å². The first kappa shape index (κ1) is 13.3. The lowest BCUT2D eigenvalue weighted by Crippen LogP contribution is -2.53. The molecule has 0 spiro atoms. The lowest BCUT2D eigenvalue weighted by Gasteiger charge is -2.33. The highest BCUT2D eigenvalue weighted by Crippen LogP contribution is 2.12. The number of piperazine rings is 1. The van der Waals surface area contributed by atoms with E-state index in [9.17, 15) is 9.59 Å². The lowest BCUT2D eigenvalue weighted by molar-refractivity contribution is -0.149. The largest absolute Gasteiger partial charge is 0.332 e. The maximum absolute atomic E-state index is 11.9. The molecule has 1 atom stereocenters. The SMILES string of the molecule is CCN1CC(=O)N(CCCC2CCCN2)CC1=O. The molecule has 0 aromatic rings. The second kappa shape index (κ2) is 6.18. The number of nitrogens with one attached hydrogen (secondary N) is 1. The summed E-state index contributed by atoms with van der Waals surface area (Å²) in [6, 6.07) is 0.618. The van der Waals surface area contributed by atoms with Crippen LogP contribution in [0.3, 0.4) is 0 Å². The van der Waals surface area contributed by atoms with E-state index in [4.69, 9.17) is 0 Å². The molecule has 0 aromatic heterocycles. The second-order valence-electron chi connectivity index (χ2n) is 5.16. The Balaban J connectivity index is 1.72. The van der Waals surface area contributed by atoms with E-state index in [0.717, 1.165) is 25.9 Å². The van der Waals surface area contributed by atoms with E-state index in [1.165, 1.54) is 12.8 Å². The zero-order valence-corrected chi connectivity index (χ0v) is 11.2.